The Labute approximate surface area is 206 Å². The molecule has 0 N–H and O–H groups in total. The smallest absolute Gasteiger partial charge is 0.119 e. The largest absolute Gasteiger partial charge is 0.497 e. The number of piperazine rings is 1. The van der Waals surface area contributed by atoms with Crippen molar-refractivity contribution in [3.05, 3.63) is 72.1 Å². The molecule has 5 nitrogen and oxygen atoms in total. The van der Waals surface area contributed by atoms with E-state index in [9.17, 15) is 0 Å². The predicted octanol–water partition coefficient (Wildman–Crippen LogP) is 5.67. The molecule has 0 saturated carbocycles. The third-order valence-electron chi connectivity index (χ3n) is 6.76. The van der Waals surface area contributed by atoms with E-state index in [4.69, 9.17) is 16.3 Å². The molecule has 6 heteroatoms. The lowest BCUT2D eigenvalue weighted by Crippen LogP contribution is -2.44. The zero-order valence-electron chi connectivity index (χ0n) is 19.9. The number of halogens is 1. The fourth-order valence-corrected chi connectivity index (χ4v) is 4.94. The zero-order valence-corrected chi connectivity index (χ0v) is 20.6. The average molecular weight is 475 g/mol. The van der Waals surface area contributed by atoms with Gasteiger partial charge in [-0.05, 0) is 62.0 Å². The molecule has 3 heterocycles. The van der Waals surface area contributed by atoms with E-state index in [1.807, 2.05) is 36.7 Å². The van der Waals surface area contributed by atoms with Gasteiger partial charge in [0, 0.05) is 83.9 Å². The van der Waals surface area contributed by atoms with Crippen LogP contribution in [-0.2, 0) is 6.54 Å². The normalized spacial score (nSPS) is 15.1. The number of rotatable bonds is 7. The van der Waals surface area contributed by atoms with E-state index in [-0.39, 0.29) is 0 Å². The number of hydrogen-bond donors (Lipinski definition) is 0. The standard InChI is InChI=1S/C28H31ClN4O/c1-31-11-13-32(14-12-31)9-4-10-33-20-27(26-17-24(29)7-8-28(26)33)23-15-22(18-30-19-23)21-5-3-6-25(16-21)34-2/h3,5-8,15-20H,4,9-14H2,1-2H3. The second kappa shape index (κ2) is 10.2. The van der Waals surface area contributed by atoms with Gasteiger partial charge >= 0.3 is 0 Å². The van der Waals surface area contributed by atoms with Crippen molar-refractivity contribution in [1.82, 2.24) is 19.4 Å². The zero-order chi connectivity index (χ0) is 23.5. The van der Waals surface area contributed by atoms with E-state index in [0.717, 1.165) is 84.1 Å². The molecule has 5 rings (SSSR count). The Morgan fingerprint density at radius 1 is 0.912 bits per heavy atom. The van der Waals surface area contributed by atoms with Gasteiger partial charge in [0.05, 0.1) is 7.11 Å². The minimum atomic E-state index is 0.751. The fourth-order valence-electron chi connectivity index (χ4n) is 4.77. The minimum Gasteiger partial charge on any atom is -0.497 e. The van der Waals surface area contributed by atoms with Gasteiger partial charge in [-0.2, -0.15) is 0 Å². The van der Waals surface area contributed by atoms with Gasteiger partial charge in [-0.1, -0.05) is 23.7 Å². The van der Waals surface area contributed by atoms with E-state index in [1.165, 1.54) is 5.52 Å². The van der Waals surface area contributed by atoms with E-state index in [0.29, 0.717) is 0 Å². The first-order valence-electron chi connectivity index (χ1n) is 11.9. The number of pyridine rings is 1. The van der Waals surface area contributed by atoms with Crippen LogP contribution in [0.3, 0.4) is 0 Å². The molecule has 0 bridgehead atoms. The Hall–Kier alpha value is -2.86. The lowest BCUT2D eigenvalue weighted by molar-refractivity contribution is 0.151. The Bertz CT molecular complexity index is 1280. The number of benzene rings is 2. The molecule has 1 aliphatic rings. The predicted molar refractivity (Wildman–Crippen MR) is 141 cm³/mol. The van der Waals surface area contributed by atoms with Crippen LogP contribution in [-0.4, -0.2) is 66.2 Å². The molecule has 2 aromatic carbocycles. The van der Waals surface area contributed by atoms with E-state index in [1.54, 1.807) is 7.11 Å². The molecular weight excluding hydrogens is 444 g/mol. The quantitative estimate of drug-likeness (QED) is 0.345. The Morgan fingerprint density at radius 2 is 1.74 bits per heavy atom. The molecule has 176 valence electrons. The molecule has 0 unspecified atom stereocenters. The van der Waals surface area contributed by atoms with Gasteiger partial charge in [0.15, 0.2) is 0 Å². The molecule has 34 heavy (non-hydrogen) atoms. The second-order valence-corrected chi connectivity index (χ2v) is 9.53. The minimum absolute atomic E-state index is 0.751. The highest BCUT2D eigenvalue weighted by atomic mass is 35.5. The van der Waals surface area contributed by atoms with Crippen LogP contribution >= 0.6 is 11.6 Å². The number of aryl methyl sites for hydroxylation is 1. The van der Waals surface area contributed by atoms with Crippen LogP contribution in [0.5, 0.6) is 5.75 Å². The van der Waals surface area contributed by atoms with Crippen molar-refractivity contribution in [3.63, 3.8) is 0 Å². The molecule has 0 aliphatic carbocycles. The van der Waals surface area contributed by atoms with Crippen LogP contribution in [0.1, 0.15) is 6.42 Å². The molecule has 2 aromatic heterocycles. The first-order valence-corrected chi connectivity index (χ1v) is 12.3. The summed E-state index contributed by atoms with van der Waals surface area (Å²) in [5.41, 5.74) is 5.61. The van der Waals surface area contributed by atoms with E-state index < -0.39 is 0 Å². The summed E-state index contributed by atoms with van der Waals surface area (Å²) in [6.45, 7) is 6.74. The summed E-state index contributed by atoms with van der Waals surface area (Å²) in [4.78, 5) is 9.54. The van der Waals surface area contributed by atoms with Crippen LogP contribution in [0.2, 0.25) is 5.02 Å². The average Bonchev–Trinajstić information content (AvgIpc) is 3.23. The van der Waals surface area contributed by atoms with E-state index >= 15 is 0 Å². The first-order chi connectivity index (χ1) is 16.6. The summed E-state index contributed by atoms with van der Waals surface area (Å²) in [5, 5.41) is 1.91. The van der Waals surface area contributed by atoms with Gasteiger partial charge in [-0.15, -0.1) is 0 Å². The van der Waals surface area contributed by atoms with Crippen LogP contribution in [0.4, 0.5) is 0 Å². The maximum atomic E-state index is 6.42. The maximum Gasteiger partial charge on any atom is 0.119 e. The molecule has 1 aliphatic heterocycles. The highest BCUT2D eigenvalue weighted by molar-refractivity contribution is 6.31. The van der Waals surface area contributed by atoms with Crippen LogP contribution in [0.15, 0.2) is 67.1 Å². The highest BCUT2D eigenvalue weighted by Crippen LogP contribution is 2.34. The van der Waals surface area contributed by atoms with Gasteiger partial charge in [-0.3, -0.25) is 4.98 Å². The molecule has 0 radical (unpaired) electrons. The Morgan fingerprint density at radius 3 is 2.56 bits per heavy atom. The first kappa shape index (κ1) is 22.9. The van der Waals surface area contributed by atoms with Crippen LogP contribution < -0.4 is 4.74 Å². The molecule has 4 aromatic rings. The Balaban J connectivity index is 1.43. The second-order valence-electron chi connectivity index (χ2n) is 9.09. The van der Waals surface area contributed by atoms with Gasteiger partial charge in [0.25, 0.3) is 0 Å². The van der Waals surface area contributed by atoms with Crippen LogP contribution in [0.25, 0.3) is 33.2 Å². The van der Waals surface area contributed by atoms with Crippen molar-refractivity contribution in [1.29, 1.82) is 0 Å². The summed E-state index contributed by atoms with van der Waals surface area (Å²) < 4.78 is 7.78. The van der Waals surface area contributed by atoms with E-state index in [2.05, 4.69) is 56.9 Å². The Kier molecular flexibility index (Phi) is 6.86. The SMILES string of the molecule is COc1cccc(-c2cncc(-c3cn(CCCN4CCN(C)CC4)c4ccc(Cl)cc34)c2)c1. The molecule has 0 atom stereocenters. The number of nitrogens with zero attached hydrogens (tertiary/aromatic N) is 4. The summed E-state index contributed by atoms with van der Waals surface area (Å²) >= 11 is 6.42. The van der Waals surface area contributed by atoms with Gasteiger partial charge in [-0.25, -0.2) is 0 Å². The number of hydrogen-bond acceptors (Lipinski definition) is 4. The van der Waals surface area contributed by atoms with Crippen molar-refractivity contribution in [2.75, 3.05) is 46.9 Å². The number of aromatic nitrogens is 2. The van der Waals surface area contributed by atoms with Crippen LogP contribution in [0, 0.1) is 0 Å². The van der Waals surface area contributed by atoms with Crippen molar-refractivity contribution in [3.8, 4) is 28.0 Å². The maximum absolute atomic E-state index is 6.42. The molecule has 1 fully saturated rings. The van der Waals surface area contributed by atoms with Gasteiger partial charge in [0.1, 0.15) is 5.75 Å². The number of fused-ring (bicyclic) bond motifs is 1. The number of likely N-dealkylation sites (N-methyl/N-ethyl adjacent to an activating group) is 1. The summed E-state index contributed by atoms with van der Waals surface area (Å²) in [6, 6.07) is 16.5. The van der Waals surface area contributed by atoms with Crippen molar-refractivity contribution < 1.29 is 4.74 Å². The summed E-state index contributed by atoms with van der Waals surface area (Å²) in [5.74, 6) is 0.839. The topological polar surface area (TPSA) is 33.5 Å². The fraction of sp³-hybridized carbons (Fsp3) is 0.321. The molecule has 0 amide bonds. The lowest BCUT2D eigenvalue weighted by atomic mass is 10.0. The third-order valence-corrected chi connectivity index (χ3v) is 7.00. The lowest BCUT2D eigenvalue weighted by Gasteiger charge is -2.32. The molecule has 1 saturated heterocycles. The van der Waals surface area contributed by atoms with Crippen molar-refractivity contribution in [2.24, 2.45) is 0 Å². The van der Waals surface area contributed by atoms with Crippen molar-refractivity contribution >= 4 is 22.5 Å². The third kappa shape index (κ3) is 4.97. The highest BCUT2D eigenvalue weighted by Gasteiger charge is 2.15. The number of ether oxygens (including phenoxy) is 1. The molecular formula is C28H31ClN4O. The summed E-state index contributed by atoms with van der Waals surface area (Å²) in [6.07, 6.45) is 7.23. The molecule has 0 spiro atoms. The number of methoxy groups -OCH3 is 1. The monoisotopic (exact) mass is 474 g/mol. The van der Waals surface area contributed by atoms with Crippen molar-refractivity contribution in [2.45, 2.75) is 13.0 Å². The van der Waals surface area contributed by atoms with Gasteiger partial charge in [0.2, 0.25) is 0 Å². The summed E-state index contributed by atoms with van der Waals surface area (Å²) in [7, 11) is 3.89. The van der Waals surface area contributed by atoms with Gasteiger partial charge < -0.3 is 19.1 Å².